The number of hydrogen-bond acceptors (Lipinski definition) is 7. The standard InChI is InChI=1S/C25H41N3O7/c1-24(2,3)34-22(32)26-14-8-7-9-18(28-23(33)35-25(4,5)6)16-27-20(21(30)31)15-17-10-12-19(29)13-11-17/h10-13,18,20,27,29H,7-9,14-16H2,1-6H3,(H,26,32)(H,28,33)(H,30,31). The van der Waals surface area contributed by atoms with Crippen molar-refractivity contribution in [1.29, 1.82) is 0 Å². The highest BCUT2D eigenvalue weighted by Gasteiger charge is 2.23. The largest absolute Gasteiger partial charge is 0.508 e. The number of carbonyl (C=O) groups is 3. The smallest absolute Gasteiger partial charge is 0.407 e. The second-order valence-corrected chi connectivity index (χ2v) is 10.4. The molecule has 0 aromatic heterocycles. The molecule has 0 saturated carbocycles. The molecule has 10 heteroatoms. The Kier molecular flexibility index (Phi) is 11.8. The fourth-order valence-corrected chi connectivity index (χ4v) is 3.12. The minimum absolute atomic E-state index is 0.108. The number of ether oxygens (including phenoxy) is 2. The van der Waals surface area contributed by atoms with Gasteiger partial charge in [0.05, 0.1) is 0 Å². The molecule has 10 nitrogen and oxygen atoms in total. The summed E-state index contributed by atoms with van der Waals surface area (Å²) in [5.41, 5.74) is -0.478. The summed E-state index contributed by atoms with van der Waals surface area (Å²) >= 11 is 0. The van der Waals surface area contributed by atoms with Gasteiger partial charge in [0.15, 0.2) is 0 Å². The molecule has 2 amide bonds. The van der Waals surface area contributed by atoms with Crippen LogP contribution in [0.25, 0.3) is 0 Å². The fourth-order valence-electron chi connectivity index (χ4n) is 3.12. The van der Waals surface area contributed by atoms with Gasteiger partial charge in [-0.2, -0.15) is 0 Å². The molecule has 1 aromatic carbocycles. The van der Waals surface area contributed by atoms with Crippen LogP contribution in [0.2, 0.25) is 0 Å². The normalized spacial score (nSPS) is 13.4. The Morgan fingerprint density at radius 3 is 2.03 bits per heavy atom. The molecule has 2 unspecified atom stereocenters. The van der Waals surface area contributed by atoms with Crippen molar-refractivity contribution in [1.82, 2.24) is 16.0 Å². The number of hydrogen-bond donors (Lipinski definition) is 5. The van der Waals surface area contributed by atoms with E-state index in [9.17, 15) is 24.6 Å². The van der Waals surface area contributed by atoms with Crippen molar-refractivity contribution in [2.24, 2.45) is 0 Å². The number of carboxylic acid groups (broad SMARTS) is 1. The van der Waals surface area contributed by atoms with Crippen molar-refractivity contribution >= 4 is 18.2 Å². The molecular weight excluding hydrogens is 454 g/mol. The van der Waals surface area contributed by atoms with Gasteiger partial charge in [-0.15, -0.1) is 0 Å². The number of alkyl carbamates (subject to hydrolysis) is 2. The predicted molar refractivity (Wildman–Crippen MR) is 132 cm³/mol. The molecule has 0 aliphatic carbocycles. The van der Waals surface area contributed by atoms with E-state index in [-0.39, 0.29) is 24.8 Å². The number of carbonyl (C=O) groups excluding carboxylic acids is 2. The second-order valence-electron chi connectivity index (χ2n) is 10.4. The summed E-state index contributed by atoms with van der Waals surface area (Å²) in [7, 11) is 0. The van der Waals surface area contributed by atoms with Gasteiger partial charge in [-0.05, 0) is 84.9 Å². The van der Waals surface area contributed by atoms with Crippen molar-refractivity contribution < 1.29 is 34.1 Å². The summed E-state index contributed by atoms with van der Waals surface area (Å²) in [6.45, 7) is 11.3. The Morgan fingerprint density at radius 2 is 1.49 bits per heavy atom. The van der Waals surface area contributed by atoms with Gasteiger partial charge in [0.1, 0.15) is 23.0 Å². The summed E-state index contributed by atoms with van der Waals surface area (Å²) in [5.74, 6) is -0.910. The molecule has 35 heavy (non-hydrogen) atoms. The van der Waals surface area contributed by atoms with E-state index < -0.39 is 35.4 Å². The summed E-state index contributed by atoms with van der Waals surface area (Å²) in [6.07, 6.45) is 1.03. The Hall–Kier alpha value is -3.01. The molecule has 0 spiro atoms. The minimum atomic E-state index is -1.02. The first-order valence-electron chi connectivity index (χ1n) is 11.8. The maximum Gasteiger partial charge on any atom is 0.407 e. The van der Waals surface area contributed by atoms with Crippen LogP contribution in [0.4, 0.5) is 9.59 Å². The van der Waals surface area contributed by atoms with E-state index in [1.165, 1.54) is 12.1 Å². The maximum atomic E-state index is 12.3. The van der Waals surface area contributed by atoms with Gasteiger partial charge in [0, 0.05) is 19.1 Å². The maximum absolute atomic E-state index is 12.3. The van der Waals surface area contributed by atoms with Crippen LogP contribution >= 0.6 is 0 Å². The molecule has 1 rings (SSSR count). The van der Waals surface area contributed by atoms with Crippen LogP contribution in [0, 0.1) is 0 Å². The van der Waals surface area contributed by atoms with Crippen molar-refractivity contribution in [3.05, 3.63) is 29.8 Å². The van der Waals surface area contributed by atoms with Crippen molar-refractivity contribution in [2.45, 2.75) is 90.5 Å². The van der Waals surface area contributed by atoms with Crippen molar-refractivity contribution in [3.8, 4) is 5.75 Å². The Balaban J connectivity index is 2.65. The molecule has 0 aliphatic rings. The lowest BCUT2D eigenvalue weighted by molar-refractivity contribution is -0.139. The second kappa shape index (κ2) is 13.8. The van der Waals surface area contributed by atoms with Gasteiger partial charge >= 0.3 is 18.2 Å². The lowest BCUT2D eigenvalue weighted by atomic mass is 10.0. The number of benzene rings is 1. The molecule has 0 radical (unpaired) electrons. The van der Waals surface area contributed by atoms with Crippen LogP contribution in [0.15, 0.2) is 24.3 Å². The van der Waals surface area contributed by atoms with E-state index in [0.717, 1.165) is 5.56 Å². The van der Waals surface area contributed by atoms with Gasteiger partial charge in [-0.25, -0.2) is 9.59 Å². The summed E-state index contributed by atoms with van der Waals surface area (Å²) in [4.78, 5) is 35.8. The summed E-state index contributed by atoms with van der Waals surface area (Å²) in [5, 5.41) is 27.6. The van der Waals surface area contributed by atoms with E-state index >= 15 is 0 Å². The van der Waals surface area contributed by atoms with E-state index in [2.05, 4.69) is 16.0 Å². The highest BCUT2D eigenvalue weighted by atomic mass is 16.6. The number of unbranched alkanes of at least 4 members (excludes halogenated alkanes) is 1. The van der Waals surface area contributed by atoms with Gasteiger partial charge in [0.2, 0.25) is 0 Å². The van der Waals surface area contributed by atoms with E-state index in [1.54, 1.807) is 53.7 Å². The van der Waals surface area contributed by atoms with E-state index in [4.69, 9.17) is 9.47 Å². The predicted octanol–water partition coefficient (Wildman–Crippen LogP) is 3.57. The molecule has 2 atom stereocenters. The van der Waals surface area contributed by atoms with Crippen molar-refractivity contribution in [2.75, 3.05) is 13.1 Å². The third-order valence-electron chi connectivity index (χ3n) is 4.65. The Bertz CT molecular complexity index is 814. The van der Waals surface area contributed by atoms with Crippen LogP contribution in [-0.2, 0) is 20.7 Å². The number of carboxylic acids is 1. The average molecular weight is 496 g/mol. The lowest BCUT2D eigenvalue weighted by Gasteiger charge is -2.25. The van der Waals surface area contributed by atoms with Gasteiger partial charge in [0.25, 0.3) is 0 Å². The zero-order chi connectivity index (χ0) is 26.6. The van der Waals surface area contributed by atoms with Crippen LogP contribution in [-0.4, -0.2) is 64.7 Å². The van der Waals surface area contributed by atoms with Crippen LogP contribution < -0.4 is 16.0 Å². The zero-order valence-corrected chi connectivity index (χ0v) is 21.6. The van der Waals surface area contributed by atoms with Crippen LogP contribution in [0.5, 0.6) is 5.75 Å². The monoisotopic (exact) mass is 495 g/mol. The molecule has 0 bridgehead atoms. The first kappa shape index (κ1) is 30.0. The number of amides is 2. The summed E-state index contributed by atoms with van der Waals surface area (Å²) < 4.78 is 10.5. The number of rotatable bonds is 12. The van der Waals surface area contributed by atoms with Crippen molar-refractivity contribution in [3.63, 3.8) is 0 Å². The third-order valence-corrected chi connectivity index (χ3v) is 4.65. The van der Waals surface area contributed by atoms with Crippen LogP contribution in [0.3, 0.4) is 0 Å². The molecule has 1 aromatic rings. The van der Waals surface area contributed by atoms with E-state index in [1.807, 2.05) is 0 Å². The zero-order valence-electron chi connectivity index (χ0n) is 21.6. The van der Waals surface area contributed by atoms with E-state index in [0.29, 0.717) is 25.8 Å². The molecule has 5 N–H and O–H groups in total. The number of nitrogens with one attached hydrogen (secondary N) is 3. The molecule has 198 valence electrons. The Morgan fingerprint density at radius 1 is 0.914 bits per heavy atom. The SMILES string of the molecule is CC(C)(C)OC(=O)NCCCCC(CNC(Cc1ccc(O)cc1)C(=O)O)NC(=O)OC(C)(C)C. The number of aromatic hydroxyl groups is 1. The minimum Gasteiger partial charge on any atom is -0.508 e. The lowest BCUT2D eigenvalue weighted by Crippen LogP contribution is -2.48. The summed E-state index contributed by atoms with van der Waals surface area (Å²) in [6, 6.07) is 5.09. The Labute approximate surface area is 207 Å². The van der Waals surface area contributed by atoms with Crippen LogP contribution in [0.1, 0.15) is 66.4 Å². The first-order valence-corrected chi connectivity index (χ1v) is 11.8. The average Bonchev–Trinajstić information content (AvgIpc) is 2.68. The number of phenols is 1. The van der Waals surface area contributed by atoms with Gasteiger partial charge in [-0.3, -0.25) is 4.79 Å². The molecule has 0 saturated heterocycles. The highest BCUT2D eigenvalue weighted by Crippen LogP contribution is 2.12. The number of aliphatic carboxylic acids is 1. The highest BCUT2D eigenvalue weighted by molar-refractivity contribution is 5.74. The molecular formula is C25H41N3O7. The quantitative estimate of drug-likeness (QED) is 0.277. The first-order chi connectivity index (χ1) is 16.1. The molecule has 0 fully saturated rings. The fraction of sp³-hybridized carbons (Fsp3) is 0.640. The molecule has 0 heterocycles. The van der Waals surface area contributed by atoms with Gasteiger partial charge < -0.3 is 35.6 Å². The number of phenolic OH excluding ortho intramolecular Hbond substituents is 1. The topological polar surface area (TPSA) is 146 Å². The third kappa shape index (κ3) is 14.8. The van der Waals surface area contributed by atoms with Gasteiger partial charge in [-0.1, -0.05) is 12.1 Å². The molecule has 0 aliphatic heterocycles.